The summed E-state index contributed by atoms with van der Waals surface area (Å²) in [6.07, 6.45) is -0.842. The Morgan fingerprint density at radius 1 is 1.50 bits per heavy atom. The predicted octanol–water partition coefficient (Wildman–Crippen LogP) is 2.03. The van der Waals surface area contributed by atoms with Crippen molar-refractivity contribution in [2.75, 3.05) is 29.5 Å². The average Bonchev–Trinajstić information content (AvgIpc) is 2.55. The number of ether oxygens (including phenoxy) is 1. The van der Waals surface area contributed by atoms with E-state index in [2.05, 4.69) is 10.6 Å². The van der Waals surface area contributed by atoms with Crippen LogP contribution in [0.4, 0.5) is 16.2 Å². The number of aliphatic hydroxyl groups is 2. The van der Waals surface area contributed by atoms with Gasteiger partial charge < -0.3 is 30.7 Å². The molecule has 0 saturated carbocycles. The lowest BCUT2D eigenvalue weighted by Crippen LogP contribution is -2.33. The number of nitrogens with one attached hydrogen (secondary N) is 2. The van der Waals surface area contributed by atoms with Crippen LogP contribution in [-0.2, 0) is 10.2 Å². The first-order valence-electron chi connectivity index (χ1n) is 8.27. The fourth-order valence-corrected chi connectivity index (χ4v) is 3.43. The number of amides is 1. The molecule has 1 atom stereocenters. The molecular weight excluding hydrogens is 360 g/mol. The van der Waals surface area contributed by atoms with E-state index in [0.717, 1.165) is 0 Å². The van der Waals surface area contributed by atoms with E-state index in [1.54, 1.807) is 0 Å². The molecule has 0 spiro atoms. The first-order chi connectivity index (χ1) is 12.2. The van der Waals surface area contributed by atoms with Gasteiger partial charge in [-0.15, -0.1) is 0 Å². The predicted molar refractivity (Wildman–Crippen MR) is 100 cm³/mol. The summed E-state index contributed by atoms with van der Waals surface area (Å²) in [6.45, 7) is 5.62. The van der Waals surface area contributed by atoms with E-state index in [1.165, 1.54) is 6.07 Å². The Balaban J connectivity index is 2.40. The van der Waals surface area contributed by atoms with Crippen LogP contribution in [0.25, 0.3) is 0 Å². The van der Waals surface area contributed by atoms with Gasteiger partial charge in [-0.3, -0.25) is 4.79 Å². The SMILES string of the molecule is CCNc1cc(OC(=O)SCC(O)CO)c2c(c1O)C(C)(C)CC(=O)N2. The molecule has 0 aliphatic carbocycles. The topological polar surface area (TPSA) is 128 Å². The van der Waals surface area contributed by atoms with Gasteiger partial charge in [0.15, 0.2) is 5.75 Å². The van der Waals surface area contributed by atoms with Crippen molar-refractivity contribution in [3.63, 3.8) is 0 Å². The minimum Gasteiger partial charge on any atom is -0.505 e. The van der Waals surface area contributed by atoms with Gasteiger partial charge >= 0.3 is 5.30 Å². The van der Waals surface area contributed by atoms with Crippen LogP contribution < -0.4 is 15.4 Å². The molecule has 144 valence electrons. The minimum atomic E-state index is -1.03. The van der Waals surface area contributed by atoms with E-state index >= 15 is 0 Å². The van der Waals surface area contributed by atoms with Gasteiger partial charge in [-0.1, -0.05) is 13.8 Å². The summed E-state index contributed by atoms with van der Waals surface area (Å²) in [4.78, 5) is 24.1. The number of carbonyl (C=O) groups excluding carboxylic acids is 2. The third kappa shape index (κ3) is 4.40. The number of phenolic OH excluding ortho intramolecular Hbond substituents is 1. The summed E-state index contributed by atoms with van der Waals surface area (Å²) >= 11 is 0.712. The van der Waals surface area contributed by atoms with Gasteiger partial charge in [-0.25, -0.2) is 4.79 Å². The molecule has 8 nitrogen and oxygen atoms in total. The highest BCUT2D eigenvalue weighted by atomic mass is 32.2. The van der Waals surface area contributed by atoms with E-state index in [1.807, 2.05) is 20.8 Å². The third-order valence-corrected chi connectivity index (χ3v) is 4.84. The lowest BCUT2D eigenvalue weighted by atomic mass is 9.77. The maximum atomic E-state index is 12.1. The van der Waals surface area contributed by atoms with Crippen LogP contribution in [0.2, 0.25) is 0 Å². The fraction of sp³-hybridized carbons (Fsp3) is 0.529. The van der Waals surface area contributed by atoms with Crippen LogP contribution in [0.3, 0.4) is 0 Å². The second-order valence-corrected chi connectivity index (χ2v) is 7.61. The maximum absolute atomic E-state index is 12.1. The van der Waals surface area contributed by atoms with E-state index in [4.69, 9.17) is 9.84 Å². The molecule has 1 aliphatic rings. The lowest BCUT2D eigenvalue weighted by Gasteiger charge is -2.34. The summed E-state index contributed by atoms with van der Waals surface area (Å²) in [5.41, 5.74) is 0.522. The number of thioether (sulfide) groups is 1. The molecule has 1 aromatic carbocycles. The Kier molecular flexibility index (Phi) is 6.38. The van der Waals surface area contributed by atoms with Crippen molar-refractivity contribution in [3.8, 4) is 11.5 Å². The van der Waals surface area contributed by atoms with Crippen molar-refractivity contribution in [2.45, 2.75) is 38.7 Å². The van der Waals surface area contributed by atoms with Gasteiger partial charge in [-0.2, -0.15) is 0 Å². The van der Waals surface area contributed by atoms with Crippen molar-refractivity contribution in [3.05, 3.63) is 11.6 Å². The first kappa shape index (κ1) is 20.3. The van der Waals surface area contributed by atoms with Crippen molar-refractivity contribution < 1.29 is 29.6 Å². The van der Waals surface area contributed by atoms with E-state index in [9.17, 15) is 19.8 Å². The fourth-order valence-electron chi connectivity index (χ4n) is 2.85. The highest BCUT2D eigenvalue weighted by molar-refractivity contribution is 8.13. The summed E-state index contributed by atoms with van der Waals surface area (Å²) in [5, 5.41) is 33.8. The van der Waals surface area contributed by atoms with E-state index in [0.29, 0.717) is 29.6 Å². The number of carbonyl (C=O) groups is 2. The summed E-state index contributed by atoms with van der Waals surface area (Å²) in [6, 6.07) is 1.46. The number of rotatable bonds is 6. The summed E-state index contributed by atoms with van der Waals surface area (Å²) in [7, 11) is 0. The lowest BCUT2D eigenvalue weighted by molar-refractivity contribution is -0.117. The van der Waals surface area contributed by atoms with Gasteiger partial charge in [0.1, 0.15) is 5.75 Å². The first-order valence-corrected chi connectivity index (χ1v) is 9.25. The second-order valence-electron chi connectivity index (χ2n) is 6.66. The Morgan fingerprint density at radius 2 is 2.19 bits per heavy atom. The number of benzene rings is 1. The number of aromatic hydroxyl groups is 1. The molecule has 9 heteroatoms. The molecule has 1 aromatic rings. The van der Waals surface area contributed by atoms with E-state index < -0.39 is 23.4 Å². The maximum Gasteiger partial charge on any atom is 0.372 e. The molecule has 0 aromatic heterocycles. The van der Waals surface area contributed by atoms with Gasteiger partial charge in [0, 0.05) is 35.8 Å². The molecule has 2 rings (SSSR count). The molecule has 1 unspecified atom stereocenters. The number of hydrogen-bond acceptors (Lipinski definition) is 8. The molecule has 0 saturated heterocycles. The van der Waals surface area contributed by atoms with Crippen LogP contribution in [0.1, 0.15) is 32.8 Å². The normalized spacial score (nSPS) is 16.4. The van der Waals surface area contributed by atoms with Crippen molar-refractivity contribution in [2.24, 2.45) is 0 Å². The minimum absolute atomic E-state index is 0.00926. The average molecular weight is 384 g/mol. The summed E-state index contributed by atoms with van der Waals surface area (Å²) < 4.78 is 5.36. The Labute approximate surface area is 155 Å². The van der Waals surface area contributed by atoms with Crippen molar-refractivity contribution >= 4 is 34.3 Å². The van der Waals surface area contributed by atoms with Gasteiger partial charge in [-0.05, 0) is 18.7 Å². The largest absolute Gasteiger partial charge is 0.505 e. The van der Waals surface area contributed by atoms with Gasteiger partial charge in [0.2, 0.25) is 5.91 Å². The highest BCUT2D eigenvalue weighted by Gasteiger charge is 2.38. The van der Waals surface area contributed by atoms with Crippen LogP contribution in [0.5, 0.6) is 11.5 Å². The molecule has 26 heavy (non-hydrogen) atoms. The second kappa shape index (κ2) is 8.15. The van der Waals surface area contributed by atoms with Crippen LogP contribution in [0, 0.1) is 0 Å². The molecular formula is C17H24N2O6S. The Bertz CT molecular complexity index is 707. The zero-order valence-corrected chi connectivity index (χ0v) is 15.8. The molecule has 1 amide bonds. The summed E-state index contributed by atoms with van der Waals surface area (Å²) in [5.74, 6) is -0.132. The van der Waals surface area contributed by atoms with Crippen LogP contribution >= 0.6 is 11.8 Å². The standard InChI is InChI=1S/C17H24N2O6S/c1-4-18-10-5-11(25-16(24)26-8-9(21)7-20)14-13(15(10)23)17(2,3)6-12(22)19-14/h5,9,18,20-21,23H,4,6-8H2,1-3H3,(H,19,22). The Hall–Kier alpha value is -1.97. The number of aliphatic hydroxyl groups excluding tert-OH is 2. The quantitative estimate of drug-likeness (QED) is 0.372. The monoisotopic (exact) mass is 384 g/mol. The van der Waals surface area contributed by atoms with E-state index in [-0.39, 0.29) is 35.3 Å². The molecule has 0 bridgehead atoms. The number of fused-ring (bicyclic) bond motifs is 1. The third-order valence-electron chi connectivity index (χ3n) is 3.97. The number of anilines is 2. The number of phenols is 1. The zero-order chi connectivity index (χ0) is 19.5. The molecule has 0 radical (unpaired) electrons. The zero-order valence-electron chi connectivity index (χ0n) is 15.0. The highest BCUT2D eigenvalue weighted by Crippen LogP contribution is 2.50. The van der Waals surface area contributed by atoms with Gasteiger partial charge in [0.05, 0.1) is 24.1 Å². The van der Waals surface area contributed by atoms with Crippen molar-refractivity contribution in [1.29, 1.82) is 0 Å². The number of hydrogen-bond donors (Lipinski definition) is 5. The smallest absolute Gasteiger partial charge is 0.372 e. The van der Waals surface area contributed by atoms with Crippen LogP contribution in [0.15, 0.2) is 6.07 Å². The van der Waals surface area contributed by atoms with Gasteiger partial charge in [0.25, 0.3) is 0 Å². The molecule has 0 fully saturated rings. The Morgan fingerprint density at radius 3 is 2.81 bits per heavy atom. The molecule has 1 aliphatic heterocycles. The molecule has 1 heterocycles. The van der Waals surface area contributed by atoms with Crippen molar-refractivity contribution in [1.82, 2.24) is 0 Å². The molecule has 5 N–H and O–H groups in total. The van der Waals surface area contributed by atoms with Crippen LogP contribution in [-0.4, -0.2) is 51.5 Å².